The molecule has 0 saturated heterocycles. The molecule has 0 saturated carbocycles. The Labute approximate surface area is 186 Å². The van der Waals surface area contributed by atoms with Crippen LogP contribution in [0.3, 0.4) is 0 Å². The summed E-state index contributed by atoms with van der Waals surface area (Å²) in [7, 11) is -3.27. The van der Waals surface area contributed by atoms with Crippen molar-refractivity contribution in [3.63, 3.8) is 0 Å². The molecule has 0 unspecified atom stereocenters. The summed E-state index contributed by atoms with van der Waals surface area (Å²) < 4.78 is 71.1. The van der Waals surface area contributed by atoms with Crippen molar-refractivity contribution in [2.24, 2.45) is 0 Å². The molecule has 0 fully saturated rings. The lowest BCUT2D eigenvalue weighted by Crippen LogP contribution is -2.16. The zero-order valence-corrected chi connectivity index (χ0v) is 18.2. The Kier molecular flexibility index (Phi) is 5.70. The molecule has 0 aliphatic heterocycles. The minimum atomic E-state index is -4.77. The van der Waals surface area contributed by atoms with E-state index in [1.54, 1.807) is 37.4 Å². The molecule has 2 heterocycles. The van der Waals surface area contributed by atoms with Gasteiger partial charge in [-0.3, -0.25) is 0 Å². The van der Waals surface area contributed by atoms with Crippen LogP contribution in [0.2, 0.25) is 0 Å². The highest BCUT2D eigenvalue weighted by atomic mass is 32.2. The third-order valence-electron chi connectivity index (χ3n) is 4.67. The van der Waals surface area contributed by atoms with E-state index in [-0.39, 0.29) is 22.4 Å². The summed E-state index contributed by atoms with van der Waals surface area (Å²) in [5.74, 6) is 0.654. The van der Waals surface area contributed by atoms with E-state index in [1.165, 1.54) is 12.1 Å². The molecule has 12 heteroatoms. The number of aryl methyl sites for hydroxylation is 1. The number of benzene rings is 2. The molecule has 0 bridgehead atoms. The molecule has 4 rings (SSSR count). The molecule has 4 aromatic rings. The van der Waals surface area contributed by atoms with Crippen LogP contribution in [0.1, 0.15) is 11.4 Å². The van der Waals surface area contributed by atoms with E-state index in [9.17, 15) is 21.6 Å². The van der Waals surface area contributed by atoms with Crippen molar-refractivity contribution in [2.75, 3.05) is 6.26 Å². The van der Waals surface area contributed by atoms with Gasteiger partial charge in [0.25, 0.3) is 5.89 Å². The largest absolute Gasteiger partial charge is 0.573 e. The smallest absolute Gasteiger partial charge is 0.406 e. The maximum absolute atomic E-state index is 12.3. The summed E-state index contributed by atoms with van der Waals surface area (Å²) in [6.45, 7) is 2.25. The standard InChI is InChI=1S/C21H17F3N4O4S/c1-13-25-18(12-28(13)11-14-3-9-17(10-4-14)33(2,29)30)20-26-19(27-32-20)15-5-7-16(8-6-15)31-21(22,23)24/h3-10,12H,11H2,1-2H3. The lowest BCUT2D eigenvalue weighted by molar-refractivity contribution is -0.274. The summed E-state index contributed by atoms with van der Waals surface area (Å²) in [6.07, 6.45) is -1.90. The van der Waals surface area contributed by atoms with Crippen molar-refractivity contribution in [1.82, 2.24) is 19.7 Å². The van der Waals surface area contributed by atoms with Crippen LogP contribution in [0.5, 0.6) is 5.75 Å². The molecule has 0 radical (unpaired) electrons. The van der Waals surface area contributed by atoms with Gasteiger partial charge in [-0.2, -0.15) is 4.98 Å². The molecule has 0 amide bonds. The number of hydrogen-bond acceptors (Lipinski definition) is 7. The molecular formula is C21H17F3N4O4S. The van der Waals surface area contributed by atoms with Crippen molar-refractivity contribution in [2.45, 2.75) is 24.7 Å². The molecule has 172 valence electrons. The second kappa shape index (κ2) is 8.35. The number of ether oxygens (including phenoxy) is 1. The van der Waals surface area contributed by atoms with Crippen LogP contribution in [0, 0.1) is 6.92 Å². The highest BCUT2D eigenvalue weighted by molar-refractivity contribution is 7.90. The van der Waals surface area contributed by atoms with Gasteiger partial charge < -0.3 is 13.8 Å². The van der Waals surface area contributed by atoms with Gasteiger partial charge in [-0.1, -0.05) is 17.3 Å². The van der Waals surface area contributed by atoms with Crippen LogP contribution in [0.15, 0.2) is 64.1 Å². The van der Waals surface area contributed by atoms with E-state index >= 15 is 0 Å². The number of alkyl halides is 3. The average molecular weight is 478 g/mol. The Hall–Kier alpha value is -3.67. The van der Waals surface area contributed by atoms with Crippen LogP contribution in [-0.2, 0) is 16.4 Å². The zero-order valence-electron chi connectivity index (χ0n) is 17.4. The second-order valence-electron chi connectivity index (χ2n) is 7.21. The van der Waals surface area contributed by atoms with Crippen LogP contribution in [-0.4, -0.2) is 40.7 Å². The van der Waals surface area contributed by atoms with Crippen molar-refractivity contribution in [1.29, 1.82) is 0 Å². The zero-order chi connectivity index (χ0) is 23.8. The fourth-order valence-electron chi connectivity index (χ4n) is 3.06. The molecule has 0 spiro atoms. The van der Waals surface area contributed by atoms with Gasteiger partial charge >= 0.3 is 6.36 Å². The van der Waals surface area contributed by atoms with Gasteiger partial charge in [-0.25, -0.2) is 13.4 Å². The monoisotopic (exact) mass is 478 g/mol. The number of imidazole rings is 1. The summed E-state index contributed by atoms with van der Waals surface area (Å²) >= 11 is 0. The first-order valence-electron chi connectivity index (χ1n) is 9.51. The molecule has 0 atom stereocenters. The van der Waals surface area contributed by atoms with E-state index in [0.29, 0.717) is 23.6 Å². The Bertz CT molecular complexity index is 1380. The van der Waals surface area contributed by atoms with Crippen LogP contribution in [0.4, 0.5) is 13.2 Å². The third-order valence-corrected chi connectivity index (χ3v) is 5.80. The normalized spacial score (nSPS) is 12.2. The molecular weight excluding hydrogens is 461 g/mol. The molecule has 8 nitrogen and oxygen atoms in total. The molecule has 2 aromatic carbocycles. The Morgan fingerprint density at radius 2 is 1.70 bits per heavy atom. The van der Waals surface area contributed by atoms with Crippen molar-refractivity contribution in [3.05, 3.63) is 66.1 Å². The van der Waals surface area contributed by atoms with Gasteiger partial charge in [0, 0.05) is 24.6 Å². The van der Waals surface area contributed by atoms with E-state index in [1.807, 2.05) is 4.57 Å². The van der Waals surface area contributed by atoms with Gasteiger partial charge in [0.2, 0.25) is 5.82 Å². The number of hydrogen-bond donors (Lipinski definition) is 0. The summed E-state index contributed by atoms with van der Waals surface area (Å²) in [6, 6.07) is 11.7. The summed E-state index contributed by atoms with van der Waals surface area (Å²) in [5, 5.41) is 3.87. The van der Waals surface area contributed by atoms with Crippen LogP contribution in [0.25, 0.3) is 23.0 Å². The first-order valence-corrected chi connectivity index (χ1v) is 11.4. The predicted octanol–water partition coefficient (Wildman–Crippen LogP) is 4.26. The Balaban J connectivity index is 1.51. The van der Waals surface area contributed by atoms with E-state index in [0.717, 1.165) is 24.0 Å². The maximum atomic E-state index is 12.3. The van der Waals surface area contributed by atoms with E-state index in [2.05, 4.69) is 19.9 Å². The molecule has 0 N–H and O–H groups in total. The van der Waals surface area contributed by atoms with Gasteiger partial charge in [0.1, 0.15) is 17.3 Å². The minimum absolute atomic E-state index is 0.148. The SMILES string of the molecule is Cc1nc(-c2nc(-c3ccc(OC(F)(F)F)cc3)no2)cn1Cc1ccc(S(C)(=O)=O)cc1. The van der Waals surface area contributed by atoms with Gasteiger partial charge in [-0.05, 0) is 48.9 Å². The van der Waals surface area contributed by atoms with Gasteiger partial charge in [-0.15, -0.1) is 13.2 Å². The summed E-state index contributed by atoms with van der Waals surface area (Å²) in [4.78, 5) is 8.93. The molecule has 0 aliphatic carbocycles. The lowest BCUT2D eigenvalue weighted by Gasteiger charge is -2.08. The highest BCUT2D eigenvalue weighted by Crippen LogP contribution is 2.27. The average Bonchev–Trinajstić information content (AvgIpc) is 3.35. The quantitative estimate of drug-likeness (QED) is 0.408. The molecule has 2 aromatic heterocycles. The number of aromatic nitrogens is 4. The molecule has 33 heavy (non-hydrogen) atoms. The Morgan fingerprint density at radius 1 is 1.03 bits per heavy atom. The second-order valence-corrected chi connectivity index (χ2v) is 9.23. The fraction of sp³-hybridized carbons (Fsp3) is 0.190. The number of rotatable bonds is 6. The topological polar surface area (TPSA) is 100 Å². The summed E-state index contributed by atoms with van der Waals surface area (Å²) in [5.41, 5.74) is 1.75. The fourth-order valence-corrected chi connectivity index (χ4v) is 3.69. The minimum Gasteiger partial charge on any atom is -0.406 e. The first-order chi connectivity index (χ1) is 15.5. The first kappa shape index (κ1) is 22.5. The number of halogens is 3. The highest BCUT2D eigenvalue weighted by Gasteiger charge is 2.31. The van der Waals surface area contributed by atoms with Crippen molar-refractivity contribution >= 4 is 9.84 Å². The van der Waals surface area contributed by atoms with Crippen LogP contribution < -0.4 is 4.74 Å². The van der Waals surface area contributed by atoms with Gasteiger partial charge in [0.05, 0.1) is 4.90 Å². The lowest BCUT2D eigenvalue weighted by atomic mass is 10.2. The number of sulfone groups is 1. The van der Waals surface area contributed by atoms with E-state index in [4.69, 9.17) is 4.52 Å². The third kappa shape index (κ3) is 5.40. The maximum Gasteiger partial charge on any atom is 0.573 e. The van der Waals surface area contributed by atoms with Gasteiger partial charge in [0.15, 0.2) is 9.84 Å². The van der Waals surface area contributed by atoms with Crippen molar-refractivity contribution < 1.29 is 30.8 Å². The molecule has 0 aliphatic rings. The van der Waals surface area contributed by atoms with Crippen LogP contribution >= 0.6 is 0 Å². The van der Waals surface area contributed by atoms with Crippen molar-refractivity contribution in [3.8, 4) is 28.7 Å². The predicted molar refractivity (Wildman–Crippen MR) is 111 cm³/mol. The number of nitrogens with zero attached hydrogens (tertiary/aromatic N) is 4. The van der Waals surface area contributed by atoms with E-state index < -0.39 is 16.2 Å². The Morgan fingerprint density at radius 3 is 2.30 bits per heavy atom.